The van der Waals surface area contributed by atoms with E-state index < -0.39 is 4.92 Å². The number of hydrogen-bond donors (Lipinski definition) is 2. The number of nitro groups is 1. The van der Waals surface area contributed by atoms with Crippen molar-refractivity contribution in [1.29, 1.82) is 0 Å². The predicted octanol–water partition coefficient (Wildman–Crippen LogP) is 3.23. The van der Waals surface area contributed by atoms with E-state index in [0.29, 0.717) is 33.5 Å². The SMILES string of the molecule is Cc1cc([N+](=O)[O-])nn1CCNC(=O)c1cc(-c2ccc(Cl)cc2Cl)n[nH]1. The Kier molecular flexibility index (Phi) is 5.43. The fourth-order valence-corrected chi connectivity index (χ4v) is 2.96. The zero-order chi connectivity index (χ0) is 19.6. The molecule has 11 heteroatoms. The second-order valence-electron chi connectivity index (χ2n) is 5.67. The van der Waals surface area contributed by atoms with Crippen LogP contribution in [0.1, 0.15) is 16.2 Å². The number of benzene rings is 1. The van der Waals surface area contributed by atoms with E-state index in [1.165, 1.54) is 10.7 Å². The summed E-state index contributed by atoms with van der Waals surface area (Å²) in [6.07, 6.45) is 0. The molecule has 0 bridgehead atoms. The number of aryl methyl sites for hydroxylation is 1. The van der Waals surface area contributed by atoms with E-state index in [-0.39, 0.29) is 24.0 Å². The summed E-state index contributed by atoms with van der Waals surface area (Å²) in [5, 5.41) is 25.0. The molecule has 3 rings (SSSR count). The summed E-state index contributed by atoms with van der Waals surface area (Å²) in [6, 6.07) is 7.95. The minimum Gasteiger partial charge on any atom is -0.358 e. The molecule has 0 unspecified atom stereocenters. The first-order valence-corrected chi connectivity index (χ1v) is 8.58. The van der Waals surface area contributed by atoms with Crippen LogP contribution in [0.3, 0.4) is 0 Å². The molecule has 0 fully saturated rings. The summed E-state index contributed by atoms with van der Waals surface area (Å²) in [6.45, 7) is 2.25. The van der Waals surface area contributed by atoms with Gasteiger partial charge in [-0.1, -0.05) is 23.2 Å². The maximum atomic E-state index is 12.2. The number of carbonyl (C=O) groups is 1. The zero-order valence-electron chi connectivity index (χ0n) is 14.1. The molecule has 2 heterocycles. The van der Waals surface area contributed by atoms with Crippen LogP contribution in [-0.2, 0) is 6.54 Å². The first kappa shape index (κ1) is 18.9. The monoisotopic (exact) mass is 408 g/mol. The highest BCUT2D eigenvalue weighted by Gasteiger charge is 2.16. The van der Waals surface area contributed by atoms with Gasteiger partial charge in [0.25, 0.3) is 5.91 Å². The Labute approximate surface area is 163 Å². The van der Waals surface area contributed by atoms with Gasteiger partial charge in [0, 0.05) is 17.1 Å². The molecule has 2 N–H and O–H groups in total. The molecule has 140 valence electrons. The highest BCUT2D eigenvalue weighted by Crippen LogP contribution is 2.29. The van der Waals surface area contributed by atoms with Gasteiger partial charge in [-0.15, -0.1) is 0 Å². The molecule has 3 aromatic rings. The Bertz CT molecular complexity index is 1010. The molecule has 0 aliphatic heterocycles. The third-order valence-corrected chi connectivity index (χ3v) is 4.34. The summed E-state index contributed by atoms with van der Waals surface area (Å²) in [4.78, 5) is 22.4. The number of aromatic amines is 1. The fraction of sp³-hybridized carbons (Fsp3) is 0.188. The standard InChI is InChI=1S/C16H14Cl2N6O3/c1-9-6-15(24(26)27)22-23(9)5-4-19-16(25)14-8-13(20-21-14)11-3-2-10(17)7-12(11)18/h2-3,6-8H,4-5H2,1H3,(H,19,25)(H,20,21). The number of nitrogens with one attached hydrogen (secondary N) is 2. The number of amides is 1. The van der Waals surface area contributed by atoms with E-state index in [4.69, 9.17) is 23.2 Å². The number of hydrogen-bond acceptors (Lipinski definition) is 5. The lowest BCUT2D eigenvalue weighted by Gasteiger charge is -2.03. The lowest BCUT2D eigenvalue weighted by molar-refractivity contribution is -0.389. The third kappa shape index (κ3) is 4.26. The Balaban J connectivity index is 1.62. The largest absolute Gasteiger partial charge is 0.390 e. The summed E-state index contributed by atoms with van der Waals surface area (Å²) in [7, 11) is 0. The molecule has 0 saturated heterocycles. The van der Waals surface area contributed by atoms with Gasteiger partial charge in [0.05, 0.1) is 34.1 Å². The molecule has 0 radical (unpaired) electrons. The average molecular weight is 409 g/mol. The second-order valence-corrected chi connectivity index (χ2v) is 6.51. The first-order chi connectivity index (χ1) is 12.8. The smallest absolute Gasteiger partial charge is 0.358 e. The highest BCUT2D eigenvalue weighted by atomic mass is 35.5. The number of nitrogens with zero attached hydrogens (tertiary/aromatic N) is 4. The normalized spacial score (nSPS) is 10.8. The van der Waals surface area contributed by atoms with E-state index in [1.807, 2.05) is 0 Å². The maximum absolute atomic E-state index is 12.2. The van der Waals surface area contributed by atoms with Crippen molar-refractivity contribution in [2.24, 2.45) is 0 Å². The molecule has 27 heavy (non-hydrogen) atoms. The Hall–Kier alpha value is -2.91. The Morgan fingerprint density at radius 1 is 1.33 bits per heavy atom. The van der Waals surface area contributed by atoms with Crippen LogP contribution in [0.4, 0.5) is 5.82 Å². The van der Waals surface area contributed by atoms with Gasteiger partial charge in [-0.25, -0.2) is 0 Å². The Morgan fingerprint density at radius 2 is 2.11 bits per heavy atom. The molecular weight excluding hydrogens is 395 g/mol. The van der Waals surface area contributed by atoms with Gasteiger partial charge in [-0.3, -0.25) is 9.89 Å². The van der Waals surface area contributed by atoms with Crippen LogP contribution >= 0.6 is 23.2 Å². The molecule has 2 aromatic heterocycles. The van der Waals surface area contributed by atoms with Crippen molar-refractivity contribution in [2.75, 3.05) is 6.54 Å². The van der Waals surface area contributed by atoms with E-state index in [1.54, 1.807) is 31.2 Å². The van der Waals surface area contributed by atoms with Gasteiger partial charge in [0.2, 0.25) is 0 Å². The lowest BCUT2D eigenvalue weighted by Crippen LogP contribution is -2.28. The highest BCUT2D eigenvalue weighted by molar-refractivity contribution is 6.36. The van der Waals surface area contributed by atoms with Crippen LogP contribution < -0.4 is 5.32 Å². The minimum atomic E-state index is -0.559. The molecule has 1 aromatic carbocycles. The topological polar surface area (TPSA) is 119 Å². The maximum Gasteiger partial charge on any atom is 0.390 e. The fourth-order valence-electron chi connectivity index (χ4n) is 2.45. The van der Waals surface area contributed by atoms with Gasteiger partial charge in [0.15, 0.2) is 0 Å². The molecule has 0 atom stereocenters. The quantitative estimate of drug-likeness (QED) is 0.479. The van der Waals surface area contributed by atoms with Gasteiger partial charge < -0.3 is 15.4 Å². The van der Waals surface area contributed by atoms with Crippen molar-refractivity contribution < 1.29 is 9.72 Å². The van der Waals surface area contributed by atoms with Crippen molar-refractivity contribution in [3.63, 3.8) is 0 Å². The van der Waals surface area contributed by atoms with E-state index in [9.17, 15) is 14.9 Å². The molecular formula is C16H14Cl2N6O3. The molecule has 1 amide bonds. The first-order valence-electron chi connectivity index (χ1n) is 7.83. The van der Waals surface area contributed by atoms with E-state index in [2.05, 4.69) is 20.6 Å². The van der Waals surface area contributed by atoms with Crippen molar-refractivity contribution in [3.8, 4) is 11.3 Å². The molecule has 0 saturated carbocycles. The second kappa shape index (κ2) is 7.77. The number of H-pyrrole nitrogens is 1. The Morgan fingerprint density at radius 3 is 2.78 bits per heavy atom. The van der Waals surface area contributed by atoms with Crippen LogP contribution in [0.2, 0.25) is 10.0 Å². The molecule has 0 spiro atoms. The lowest BCUT2D eigenvalue weighted by atomic mass is 10.1. The number of carbonyl (C=O) groups excluding carboxylic acids is 1. The molecule has 9 nitrogen and oxygen atoms in total. The predicted molar refractivity (Wildman–Crippen MR) is 100.0 cm³/mol. The van der Waals surface area contributed by atoms with Gasteiger partial charge in [-0.2, -0.15) is 9.78 Å². The number of rotatable bonds is 6. The van der Waals surface area contributed by atoms with Crippen molar-refractivity contribution in [3.05, 3.63) is 61.9 Å². The molecule has 0 aliphatic carbocycles. The number of halogens is 2. The van der Waals surface area contributed by atoms with Gasteiger partial charge in [-0.05, 0) is 36.1 Å². The summed E-state index contributed by atoms with van der Waals surface area (Å²) in [5.74, 6) is -0.588. The zero-order valence-corrected chi connectivity index (χ0v) is 15.6. The van der Waals surface area contributed by atoms with Crippen LogP contribution in [0.15, 0.2) is 30.3 Å². The molecule has 0 aliphatic rings. The summed E-state index contributed by atoms with van der Waals surface area (Å²) >= 11 is 12.0. The number of aromatic nitrogens is 4. The van der Waals surface area contributed by atoms with E-state index >= 15 is 0 Å². The van der Waals surface area contributed by atoms with E-state index in [0.717, 1.165) is 0 Å². The summed E-state index contributed by atoms with van der Waals surface area (Å²) < 4.78 is 1.46. The average Bonchev–Trinajstić information content (AvgIpc) is 3.22. The van der Waals surface area contributed by atoms with Crippen LogP contribution in [0.25, 0.3) is 11.3 Å². The van der Waals surface area contributed by atoms with Crippen LogP contribution in [0.5, 0.6) is 0 Å². The van der Waals surface area contributed by atoms with Crippen LogP contribution in [0, 0.1) is 17.0 Å². The third-order valence-electron chi connectivity index (χ3n) is 3.79. The van der Waals surface area contributed by atoms with Crippen LogP contribution in [-0.4, -0.2) is 37.4 Å². The van der Waals surface area contributed by atoms with Crippen molar-refractivity contribution in [1.82, 2.24) is 25.3 Å². The van der Waals surface area contributed by atoms with Gasteiger partial charge in [0.1, 0.15) is 5.69 Å². The van der Waals surface area contributed by atoms with Crippen molar-refractivity contribution >= 4 is 34.9 Å². The van der Waals surface area contributed by atoms with Crippen molar-refractivity contribution in [2.45, 2.75) is 13.5 Å². The summed E-state index contributed by atoms with van der Waals surface area (Å²) in [5.41, 5.74) is 2.06. The minimum absolute atomic E-state index is 0.225. The van der Waals surface area contributed by atoms with Gasteiger partial charge >= 0.3 is 5.82 Å².